The van der Waals surface area contributed by atoms with E-state index in [0.717, 1.165) is 22.5 Å². The van der Waals surface area contributed by atoms with E-state index in [1.165, 1.54) is 11.1 Å². The van der Waals surface area contributed by atoms with Crippen molar-refractivity contribution >= 4 is 35.3 Å². The molecule has 2 amide bonds. The Morgan fingerprint density at radius 3 is 1.38 bits per heavy atom. The summed E-state index contributed by atoms with van der Waals surface area (Å²) in [5.41, 5.74) is 5.01. The Morgan fingerprint density at radius 1 is 0.600 bits per heavy atom. The Bertz CT molecular complexity index is 1500. The van der Waals surface area contributed by atoms with Crippen LogP contribution in [0.1, 0.15) is 49.9 Å². The highest BCUT2D eigenvalue weighted by Crippen LogP contribution is 2.54. The van der Waals surface area contributed by atoms with E-state index in [2.05, 4.69) is 133 Å². The van der Waals surface area contributed by atoms with E-state index < -0.39 is 11.3 Å². The van der Waals surface area contributed by atoms with Crippen molar-refractivity contribution in [2.75, 3.05) is 22.9 Å². The van der Waals surface area contributed by atoms with Crippen molar-refractivity contribution < 1.29 is 9.59 Å². The van der Waals surface area contributed by atoms with Crippen LogP contribution in [0.15, 0.2) is 84.9 Å². The Labute approximate surface area is 235 Å². The van der Waals surface area contributed by atoms with Crippen LogP contribution in [0.2, 0.25) is 0 Å². The summed E-state index contributed by atoms with van der Waals surface area (Å²) in [6.45, 7) is 9.49. The number of amides is 2. The minimum atomic E-state index is -0.612. The number of anilines is 2. The number of hydrogen-bond donors (Lipinski definition) is 2. The Morgan fingerprint density at radius 2 is 0.975 bits per heavy atom. The van der Waals surface area contributed by atoms with Gasteiger partial charge in [-0.05, 0) is 46.5 Å². The molecular formula is C34H34N4O2. The third-order valence-corrected chi connectivity index (χ3v) is 9.73. The van der Waals surface area contributed by atoms with E-state index in [4.69, 9.17) is 0 Å². The van der Waals surface area contributed by atoms with Gasteiger partial charge < -0.3 is 20.4 Å². The number of benzene rings is 3. The van der Waals surface area contributed by atoms with Gasteiger partial charge in [-0.1, -0.05) is 101 Å². The number of fused-ring (bicyclic) bond motifs is 6. The fourth-order valence-electron chi connectivity index (χ4n) is 7.43. The van der Waals surface area contributed by atoms with Gasteiger partial charge in [-0.3, -0.25) is 9.59 Å². The third-order valence-electron chi connectivity index (χ3n) is 9.73. The second kappa shape index (κ2) is 8.10. The molecule has 6 nitrogen and oxygen atoms in total. The van der Waals surface area contributed by atoms with Crippen LogP contribution in [0.3, 0.4) is 0 Å². The number of rotatable bonds is 4. The SMILES string of the molecule is CC1(C)c2ccccc2N2CC(=O)N[C@@]21/C=C/c1ccc(/C=C/[C@@]23NC(=O)CN2c2ccccc2C3(C)C)cc1. The normalized spacial score (nSPS) is 27.1. The fourth-order valence-corrected chi connectivity index (χ4v) is 7.43. The largest absolute Gasteiger partial charge is 0.335 e. The van der Waals surface area contributed by atoms with Gasteiger partial charge >= 0.3 is 0 Å². The Hall–Kier alpha value is -4.32. The zero-order chi connectivity index (χ0) is 27.9. The zero-order valence-corrected chi connectivity index (χ0v) is 23.4. The first-order valence-corrected chi connectivity index (χ1v) is 13.9. The van der Waals surface area contributed by atoms with Gasteiger partial charge in [-0.2, -0.15) is 0 Å². The molecule has 0 aromatic heterocycles. The highest BCUT2D eigenvalue weighted by Gasteiger charge is 2.61. The van der Waals surface area contributed by atoms with Crippen LogP contribution in [0.25, 0.3) is 12.2 Å². The summed E-state index contributed by atoms with van der Waals surface area (Å²) >= 11 is 0. The molecule has 2 fully saturated rings. The first-order chi connectivity index (χ1) is 19.1. The molecular weight excluding hydrogens is 496 g/mol. The minimum absolute atomic E-state index is 0.0390. The lowest BCUT2D eigenvalue weighted by Crippen LogP contribution is -2.58. The van der Waals surface area contributed by atoms with Crippen molar-refractivity contribution in [3.63, 3.8) is 0 Å². The molecule has 3 aromatic rings. The van der Waals surface area contributed by atoms with Crippen LogP contribution in [0.5, 0.6) is 0 Å². The van der Waals surface area contributed by atoms with Crippen molar-refractivity contribution in [3.8, 4) is 0 Å². The summed E-state index contributed by atoms with van der Waals surface area (Å²) in [5, 5.41) is 6.58. The minimum Gasteiger partial charge on any atom is -0.335 e. The second-order valence-electron chi connectivity index (χ2n) is 12.4. The standard InChI is InChI=1S/C34H34N4O2/c1-31(2)25-9-5-7-11-27(25)37-21-29(39)35-33(31,37)19-17-23-13-15-24(16-14-23)18-20-34-32(3,4)26-10-6-8-12-28(26)38(34)22-30(40)36-34/h5-20H,21-22H2,1-4H3,(H,35,39)(H,36,40)/b19-17+,20-18+/t33-,34+. The maximum atomic E-state index is 12.6. The van der Waals surface area contributed by atoms with Crippen LogP contribution >= 0.6 is 0 Å². The summed E-state index contributed by atoms with van der Waals surface area (Å²) in [7, 11) is 0. The Balaban J connectivity index is 1.17. The molecule has 0 radical (unpaired) electrons. The molecule has 2 saturated heterocycles. The van der Waals surface area contributed by atoms with Gasteiger partial charge in [0.1, 0.15) is 11.3 Å². The molecule has 4 aliphatic rings. The first kappa shape index (κ1) is 24.7. The summed E-state index contributed by atoms with van der Waals surface area (Å²) in [6, 6.07) is 25.1. The maximum Gasteiger partial charge on any atom is 0.241 e. The number of nitrogens with one attached hydrogen (secondary N) is 2. The van der Waals surface area contributed by atoms with Gasteiger partial charge in [0.15, 0.2) is 0 Å². The lowest BCUT2D eigenvalue weighted by molar-refractivity contribution is -0.119. The summed E-state index contributed by atoms with van der Waals surface area (Å²) < 4.78 is 0. The number of hydrogen-bond acceptors (Lipinski definition) is 4. The average Bonchev–Trinajstić information content (AvgIpc) is 3.58. The van der Waals surface area contributed by atoms with E-state index >= 15 is 0 Å². The van der Waals surface area contributed by atoms with Gasteiger partial charge in [0.25, 0.3) is 0 Å². The third kappa shape index (κ3) is 3.10. The molecule has 0 bridgehead atoms. The van der Waals surface area contributed by atoms with Crippen molar-refractivity contribution in [1.82, 2.24) is 10.6 Å². The van der Waals surface area contributed by atoms with E-state index in [0.29, 0.717) is 13.1 Å². The predicted molar refractivity (Wildman–Crippen MR) is 160 cm³/mol. The number of para-hydroxylation sites is 2. The van der Waals surface area contributed by atoms with Crippen LogP contribution in [0.4, 0.5) is 11.4 Å². The van der Waals surface area contributed by atoms with Crippen molar-refractivity contribution in [2.45, 2.75) is 49.9 Å². The van der Waals surface area contributed by atoms with Crippen LogP contribution < -0.4 is 20.4 Å². The van der Waals surface area contributed by atoms with E-state index in [9.17, 15) is 9.59 Å². The lowest BCUT2D eigenvalue weighted by Gasteiger charge is -2.40. The monoisotopic (exact) mass is 530 g/mol. The molecule has 40 heavy (non-hydrogen) atoms. The van der Waals surface area contributed by atoms with Crippen molar-refractivity contribution in [3.05, 3.63) is 107 Å². The van der Waals surface area contributed by atoms with Crippen molar-refractivity contribution in [1.29, 1.82) is 0 Å². The molecule has 6 heteroatoms. The second-order valence-corrected chi connectivity index (χ2v) is 12.4. The smallest absolute Gasteiger partial charge is 0.241 e. The fraction of sp³-hybridized carbons (Fsp3) is 0.294. The average molecular weight is 531 g/mol. The summed E-state index contributed by atoms with van der Waals surface area (Å²) in [6.07, 6.45) is 8.50. The van der Waals surface area contributed by atoms with Crippen LogP contribution in [-0.2, 0) is 20.4 Å². The molecule has 202 valence electrons. The molecule has 4 heterocycles. The summed E-state index contributed by atoms with van der Waals surface area (Å²) in [4.78, 5) is 29.6. The molecule has 0 saturated carbocycles. The van der Waals surface area contributed by atoms with Gasteiger partial charge in [-0.15, -0.1) is 0 Å². The van der Waals surface area contributed by atoms with Gasteiger partial charge in [0, 0.05) is 22.2 Å². The maximum absolute atomic E-state index is 12.6. The van der Waals surface area contributed by atoms with E-state index in [1.54, 1.807) is 0 Å². The molecule has 2 atom stereocenters. The van der Waals surface area contributed by atoms with E-state index in [1.807, 2.05) is 12.1 Å². The van der Waals surface area contributed by atoms with Gasteiger partial charge in [-0.25, -0.2) is 0 Å². The lowest BCUT2D eigenvalue weighted by atomic mass is 9.75. The van der Waals surface area contributed by atoms with Crippen molar-refractivity contribution in [2.24, 2.45) is 0 Å². The number of nitrogens with zero attached hydrogens (tertiary/aromatic N) is 2. The first-order valence-electron chi connectivity index (χ1n) is 13.9. The summed E-state index contributed by atoms with van der Waals surface area (Å²) in [5.74, 6) is 0.0780. The molecule has 4 aliphatic heterocycles. The van der Waals surface area contributed by atoms with Crippen LogP contribution in [-0.4, -0.2) is 36.2 Å². The predicted octanol–water partition coefficient (Wildman–Crippen LogP) is 4.96. The van der Waals surface area contributed by atoms with E-state index in [-0.39, 0.29) is 22.6 Å². The molecule has 0 unspecified atom stereocenters. The van der Waals surface area contributed by atoms with Gasteiger partial charge in [0.05, 0.1) is 13.1 Å². The molecule has 2 N–H and O–H groups in total. The molecule has 0 aliphatic carbocycles. The Kier molecular flexibility index (Phi) is 5.00. The zero-order valence-electron chi connectivity index (χ0n) is 23.4. The number of carbonyl (C=O) groups excluding carboxylic acids is 2. The van der Waals surface area contributed by atoms with Crippen LogP contribution in [0, 0.1) is 0 Å². The quantitative estimate of drug-likeness (QED) is 0.501. The molecule has 7 rings (SSSR count). The number of carbonyl (C=O) groups is 2. The highest BCUT2D eigenvalue weighted by atomic mass is 16.2. The van der Waals surface area contributed by atoms with Gasteiger partial charge in [0.2, 0.25) is 11.8 Å². The molecule has 3 aromatic carbocycles. The highest BCUT2D eigenvalue weighted by molar-refractivity contribution is 5.92. The molecule has 0 spiro atoms. The topological polar surface area (TPSA) is 64.7 Å².